The fourth-order valence-electron chi connectivity index (χ4n) is 2.35. The average molecular weight is 374 g/mol. The summed E-state index contributed by atoms with van der Waals surface area (Å²) in [5.74, 6) is -1.24. The van der Waals surface area contributed by atoms with Gasteiger partial charge in [0, 0.05) is 22.5 Å². The lowest BCUT2D eigenvalue weighted by Crippen LogP contribution is -2.39. The number of hydrogen-bond acceptors (Lipinski definition) is 3. The molecule has 0 aliphatic rings. The number of rotatable bonds is 4. The van der Waals surface area contributed by atoms with Gasteiger partial charge in [-0.2, -0.15) is 0 Å². The maximum Gasteiger partial charge on any atom is 0.328 e. The summed E-state index contributed by atoms with van der Waals surface area (Å²) < 4.78 is 14.6. The molecule has 1 heterocycles. The van der Waals surface area contributed by atoms with Gasteiger partial charge in [0.25, 0.3) is 11.5 Å². The van der Waals surface area contributed by atoms with Crippen LogP contribution in [-0.4, -0.2) is 15.5 Å². The Hall–Kier alpha value is -3.19. The number of carbonyl (C=O) groups is 1. The molecule has 0 saturated heterocycles. The number of anilines is 1. The maximum atomic E-state index is 13.8. The first-order valence-corrected chi connectivity index (χ1v) is 7.96. The first-order chi connectivity index (χ1) is 12.5. The van der Waals surface area contributed by atoms with Gasteiger partial charge < -0.3 is 10.3 Å². The molecule has 132 valence electrons. The molecule has 0 bridgehead atoms. The summed E-state index contributed by atoms with van der Waals surface area (Å²) >= 11 is 5.78. The van der Waals surface area contributed by atoms with Gasteiger partial charge in [0.2, 0.25) is 0 Å². The summed E-state index contributed by atoms with van der Waals surface area (Å²) in [6.45, 7) is -0.289. The summed E-state index contributed by atoms with van der Waals surface area (Å²) in [4.78, 5) is 39.2. The third kappa shape index (κ3) is 3.73. The number of aromatic amines is 1. The molecule has 0 aliphatic heterocycles. The molecule has 1 amide bonds. The van der Waals surface area contributed by atoms with E-state index in [-0.39, 0.29) is 17.7 Å². The molecule has 2 N–H and O–H groups in total. The summed E-state index contributed by atoms with van der Waals surface area (Å²) in [7, 11) is 0. The lowest BCUT2D eigenvalue weighted by Gasteiger charge is -2.09. The van der Waals surface area contributed by atoms with Crippen molar-refractivity contribution in [3.05, 3.63) is 97.5 Å². The number of nitrogens with one attached hydrogen (secondary N) is 2. The van der Waals surface area contributed by atoms with Crippen molar-refractivity contribution in [2.24, 2.45) is 0 Å². The van der Waals surface area contributed by atoms with Crippen molar-refractivity contribution in [3.63, 3.8) is 0 Å². The zero-order valence-electron chi connectivity index (χ0n) is 13.3. The van der Waals surface area contributed by atoms with Crippen molar-refractivity contribution in [2.45, 2.75) is 6.54 Å². The molecule has 0 atom stereocenters. The topological polar surface area (TPSA) is 84.0 Å². The highest BCUT2D eigenvalue weighted by Crippen LogP contribution is 2.14. The maximum absolute atomic E-state index is 13.8. The number of H-pyrrole nitrogens is 1. The standard InChI is InChI=1S/C18H13ClFN3O3/c19-12-5-7-13(8-6-12)22-16(24)14-9-21-18(26)23(17(14)25)10-11-3-1-2-4-15(11)20/h1-9H,10H2,(H,21,26)(H,22,24). The third-order valence-corrected chi connectivity index (χ3v) is 3.95. The van der Waals surface area contributed by atoms with Crippen molar-refractivity contribution < 1.29 is 9.18 Å². The van der Waals surface area contributed by atoms with Crippen LogP contribution in [0.25, 0.3) is 0 Å². The van der Waals surface area contributed by atoms with Gasteiger partial charge >= 0.3 is 5.69 Å². The minimum Gasteiger partial charge on any atom is -0.322 e. The van der Waals surface area contributed by atoms with Gasteiger partial charge in [-0.1, -0.05) is 29.8 Å². The van der Waals surface area contributed by atoms with Crippen LogP contribution >= 0.6 is 11.6 Å². The fourth-order valence-corrected chi connectivity index (χ4v) is 2.47. The molecular formula is C18H13ClFN3O3. The van der Waals surface area contributed by atoms with E-state index in [9.17, 15) is 18.8 Å². The van der Waals surface area contributed by atoms with Crippen LogP contribution in [0.5, 0.6) is 0 Å². The summed E-state index contributed by atoms with van der Waals surface area (Å²) in [5, 5.41) is 3.04. The zero-order valence-corrected chi connectivity index (χ0v) is 14.1. The quantitative estimate of drug-likeness (QED) is 0.737. The summed E-state index contributed by atoms with van der Waals surface area (Å²) in [6.07, 6.45) is 1.04. The Balaban J connectivity index is 1.93. The van der Waals surface area contributed by atoms with E-state index in [0.717, 1.165) is 10.8 Å². The SMILES string of the molecule is O=C(Nc1ccc(Cl)cc1)c1c[nH]c(=O)n(Cc2ccccc2F)c1=O. The lowest BCUT2D eigenvalue weighted by atomic mass is 10.2. The predicted octanol–water partition coefficient (Wildman–Crippen LogP) is 2.63. The first-order valence-electron chi connectivity index (χ1n) is 7.58. The molecule has 6 nitrogen and oxygen atoms in total. The molecular weight excluding hydrogens is 361 g/mol. The molecule has 3 aromatic rings. The highest BCUT2D eigenvalue weighted by molar-refractivity contribution is 6.30. The second kappa shape index (κ2) is 7.37. The van der Waals surface area contributed by atoms with Crippen LogP contribution in [0, 0.1) is 5.82 Å². The normalized spacial score (nSPS) is 10.5. The van der Waals surface area contributed by atoms with Crippen LogP contribution in [-0.2, 0) is 6.54 Å². The lowest BCUT2D eigenvalue weighted by molar-refractivity contribution is 0.102. The van der Waals surface area contributed by atoms with E-state index in [2.05, 4.69) is 10.3 Å². The molecule has 2 aromatic carbocycles. The van der Waals surface area contributed by atoms with Crippen molar-refractivity contribution in [1.82, 2.24) is 9.55 Å². The van der Waals surface area contributed by atoms with Crippen molar-refractivity contribution in [1.29, 1.82) is 0 Å². The second-order valence-electron chi connectivity index (χ2n) is 5.45. The Kier molecular flexibility index (Phi) is 4.99. The Morgan fingerprint density at radius 2 is 1.81 bits per heavy atom. The summed E-state index contributed by atoms with van der Waals surface area (Å²) in [6, 6.07) is 12.1. The van der Waals surface area contributed by atoms with Crippen molar-refractivity contribution in [3.8, 4) is 0 Å². The Morgan fingerprint density at radius 1 is 1.12 bits per heavy atom. The molecule has 26 heavy (non-hydrogen) atoms. The average Bonchev–Trinajstić information content (AvgIpc) is 2.62. The minimum atomic E-state index is -0.816. The highest BCUT2D eigenvalue weighted by atomic mass is 35.5. The van der Waals surface area contributed by atoms with Gasteiger partial charge in [-0.15, -0.1) is 0 Å². The van der Waals surface area contributed by atoms with Crippen LogP contribution in [0.2, 0.25) is 5.02 Å². The highest BCUT2D eigenvalue weighted by Gasteiger charge is 2.16. The molecule has 1 aromatic heterocycles. The molecule has 0 fully saturated rings. The van der Waals surface area contributed by atoms with Crippen LogP contribution in [0.15, 0.2) is 64.3 Å². The van der Waals surface area contributed by atoms with E-state index in [1.54, 1.807) is 30.3 Å². The number of halogens is 2. The number of nitrogens with zero attached hydrogens (tertiary/aromatic N) is 1. The fraction of sp³-hybridized carbons (Fsp3) is 0.0556. The van der Waals surface area contributed by atoms with Crippen LogP contribution in [0.1, 0.15) is 15.9 Å². The van der Waals surface area contributed by atoms with Gasteiger partial charge in [-0.05, 0) is 30.3 Å². The number of hydrogen-bond donors (Lipinski definition) is 2. The number of carbonyl (C=O) groups excluding carboxylic acids is 1. The van der Waals surface area contributed by atoms with Crippen molar-refractivity contribution in [2.75, 3.05) is 5.32 Å². The van der Waals surface area contributed by atoms with Gasteiger partial charge in [-0.25, -0.2) is 9.18 Å². The van der Waals surface area contributed by atoms with E-state index in [1.807, 2.05) is 0 Å². The van der Waals surface area contributed by atoms with E-state index in [0.29, 0.717) is 10.7 Å². The number of benzene rings is 2. The van der Waals surface area contributed by atoms with E-state index in [1.165, 1.54) is 18.2 Å². The van der Waals surface area contributed by atoms with Crippen LogP contribution in [0.3, 0.4) is 0 Å². The molecule has 0 radical (unpaired) electrons. The molecule has 0 spiro atoms. The van der Waals surface area contributed by atoms with E-state index < -0.39 is 23.0 Å². The molecule has 3 rings (SSSR count). The third-order valence-electron chi connectivity index (χ3n) is 3.69. The second-order valence-corrected chi connectivity index (χ2v) is 5.89. The van der Waals surface area contributed by atoms with Crippen LogP contribution < -0.4 is 16.6 Å². The predicted molar refractivity (Wildman–Crippen MR) is 96.2 cm³/mol. The Labute approximate surface area is 151 Å². The largest absolute Gasteiger partial charge is 0.328 e. The van der Waals surface area contributed by atoms with Crippen molar-refractivity contribution >= 4 is 23.2 Å². The minimum absolute atomic E-state index is 0.162. The first kappa shape index (κ1) is 17.6. The Bertz CT molecular complexity index is 1070. The molecule has 8 heteroatoms. The zero-order chi connectivity index (χ0) is 18.7. The van der Waals surface area contributed by atoms with Gasteiger partial charge in [-0.3, -0.25) is 14.2 Å². The van der Waals surface area contributed by atoms with Gasteiger partial charge in [0.05, 0.1) is 6.54 Å². The summed E-state index contributed by atoms with van der Waals surface area (Å²) in [5.41, 5.74) is -1.22. The van der Waals surface area contributed by atoms with E-state index >= 15 is 0 Å². The number of amides is 1. The van der Waals surface area contributed by atoms with Crippen LogP contribution in [0.4, 0.5) is 10.1 Å². The smallest absolute Gasteiger partial charge is 0.322 e. The van der Waals surface area contributed by atoms with Gasteiger partial charge in [0.15, 0.2) is 0 Å². The molecule has 0 aliphatic carbocycles. The Morgan fingerprint density at radius 3 is 2.50 bits per heavy atom. The number of aromatic nitrogens is 2. The van der Waals surface area contributed by atoms with E-state index in [4.69, 9.17) is 11.6 Å². The van der Waals surface area contributed by atoms with Gasteiger partial charge in [0.1, 0.15) is 11.4 Å². The monoisotopic (exact) mass is 373 g/mol. The molecule has 0 saturated carbocycles. The molecule has 0 unspecified atom stereocenters.